The van der Waals surface area contributed by atoms with Gasteiger partial charge in [0.2, 0.25) is 0 Å². The maximum absolute atomic E-state index is 14.1. The van der Waals surface area contributed by atoms with Gasteiger partial charge in [0.05, 0.1) is 29.5 Å². The second-order valence-corrected chi connectivity index (χ2v) is 11.6. The van der Waals surface area contributed by atoms with E-state index < -0.39 is 12.0 Å². The van der Waals surface area contributed by atoms with Crippen LogP contribution < -0.4 is 19.6 Å². The van der Waals surface area contributed by atoms with E-state index in [1.807, 2.05) is 30.3 Å². The fourth-order valence-electron chi connectivity index (χ4n) is 5.24. The minimum absolute atomic E-state index is 0.207. The lowest BCUT2D eigenvalue weighted by molar-refractivity contribution is -0.139. The molecule has 2 aromatic carbocycles. The molecule has 0 spiro atoms. The standard InChI is InChI=1S/C31H30BrN3O4S/c1-7-39-30(37)27-19(4)33-31-35(28(27)24-16-22(32)11-12-25(24)38-6)29(36)26(40-31)15-21-14-18(3)34(20(21)5)23-10-8-9-17(2)13-23/h8-16,28H,7H2,1-6H3/b26-15-/t28-/m0/s1. The number of allylic oxidation sites excluding steroid dienone is 1. The minimum atomic E-state index is -0.760. The van der Waals surface area contributed by atoms with Gasteiger partial charge in [-0.2, -0.15) is 0 Å². The number of nitrogens with zero attached hydrogens (tertiary/aromatic N) is 3. The third-order valence-electron chi connectivity index (χ3n) is 7.02. The minimum Gasteiger partial charge on any atom is -0.496 e. The van der Waals surface area contributed by atoms with Crippen molar-refractivity contribution in [2.24, 2.45) is 4.99 Å². The Balaban J connectivity index is 1.73. The number of benzene rings is 2. The molecule has 0 N–H and O–H groups in total. The van der Waals surface area contributed by atoms with Gasteiger partial charge in [0.15, 0.2) is 4.80 Å². The van der Waals surface area contributed by atoms with Gasteiger partial charge >= 0.3 is 5.97 Å². The average Bonchev–Trinajstić information content (AvgIpc) is 3.37. The van der Waals surface area contributed by atoms with Crippen molar-refractivity contribution in [2.75, 3.05) is 13.7 Å². The van der Waals surface area contributed by atoms with Crippen LogP contribution in [0.25, 0.3) is 11.8 Å². The summed E-state index contributed by atoms with van der Waals surface area (Å²) in [7, 11) is 1.57. The molecule has 3 heterocycles. The van der Waals surface area contributed by atoms with E-state index in [0.717, 1.165) is 27.1 Å². The summed E-state index contributed by atoms with van der Waals surface area (Å²) in [5.74, 6) is 0.0488. The number of carbonyl (C=O) groups excluding carboxylic acids is 1. The molecule has 1 aliphatic heterocycles. The van der Waals surface area contributed by atoms with Crippen molar-refractivity contribution in [2.45, 2.75) is 40.7 Å². The number of aromatic nitrogens is 2. The molecule has 1 aliphatic rings. The summed E-state index contributed by atoms with van der Waals surface area (Å²) in [4.78, 5) is 32.5. The van der Waals surface area contributed by atoms with Crippen LogP contribution in [0.2, 0.25) is 0 Å². The van der Waals surface area contributed by atoms with Gasteiger partial charge < -0.3 is 14.0 Å². The highest BCUT2D eigenvalue weighted by Gasteiger charge is 2.35. The number of thiazole rings is 1. The maximum Gasteiger partial charge on any atom is 0.338 e. The second-order valence-electron chi connectivity index (χ2n) is 9.69. The largest absolute Gasteiger partial charge is 0.496 e. The Morgan fingerprint density at radius 1 is 1.12 bits per heavy atom. The van der Waals surface area contributed by atoms with Gasteiger partial charge in [0.25, 0.3) is 5.56 Å². The fourth-order valence-corrected chi connectivity index (χ4v) is 6.66. The van der Waals surface area contributed by atoms with E-state index >= 15 is 0 Å². The highest BCUT2D eigenvalue weighted by molar-refractivity contribution is 9.10. The number of aryl methyl sites for hydroxylation is 2. The molecule has 40 heavy (non-hydrogen) atoms. The van der Waals surface area contributed by atoms with Crippen molar-refractivity contribution >= 4 is 39.3 Å². The summed E-state index contributed by atoms with van der Waals surface area (Å²) in [5, 5.41) is 0. The SMILES string of the molecule is CCOC(=O)C1=C(C)N=c2s/c(=C\c3cc(C)n(-c4cccc(C)c4)c3C)c(=O)n2[C@H]1c1cc(Br)ccc1OC. The monoisotopic (exact) mass is 619 g/mol. The molecule has 0 bridgehead atoms. The predicted molar refractivity (Wildman–Crippen MR) is 161 cm³/mol. The van der Waals surface area contributed by atoms with E-state index in [4.69, 9.17) is 14.5 Å². The highest BCUT2D eigenvalue weighted by Crippen LogP contribution is 2.37. The zero-order chi connectivity index (χ0) is 28.7. The third-order valence-corrected chi connectivity index (χ3v) is 8.50. The van der Waals surface area contributed by atoms with Gasteiger partial charge in [-0.05, 0) is 88.2 Å². The molecule has 4 aromatic rings. The van der Waals surface area contributed by atoms with E-state index in [1.165, 1.54) is 16.9 Å². The summed E-state index contributed by atoms with van der Waals surface area (Å²) >= 11 is 4.85. The van der Waals surface area contributed by atoms with Gasteiger partial charge in [0, 0.05) is 27.1 Å². The molecule has 0 amide bonds. The quantitative estimate of drug-likeness (QED) is 0.275. The van der Waals surface area contributed by atoms with Crippen LogP contribution in [-0.2, 0) is 9.53 Å². The van der Waals surface area contributed by atoms with Crippen molar-refractivity contribution in [3.05, 3.63) is 112 Å². The predicted octanol–water partition coefficient (Wildman–Crippen LogP) is 5.29. The lowest BCUT2D eigenvalue weighted by Crippen LogP contribution is -2.40. The van der Waals surface area contributed by atoms with Crippen molar-refractivity contribution < 1.29 is 14.3 Å². The van der Waals surface area contributed by atoms with Crippen LogP contribution in [0.3, 0.4) is 0 Å². The lowest BCUT2D eigenvalue weighted by Gasteiger charge is -2.26. The van der Waals surface area contributed by atoms with E-state index in [9.17, 15) is 9.59 Å². The van der Waals surface area contributed by atoms with Crippen LogP contribution in [0.1, 0.15) is 48.0 Å². The van der Waals surface area contributed by atoms with E-state index in [2.05, 4.69) is 65.5 Å². The van der Waals surface area contributed by atoms with Crippen LogP contribution in [0, 0.1) is 20.8 Å². The summed E-state index contributed by atoms with van der Waals surface area (Å²) in [5.41, 5.74) is 6.56. The van der Waals surface area contributed by atoms with Gasteiger partial charge in [-0.1, -0.05) is 39.4 Å². The first-order valence-electron chi connectivity index (χ1n) is 12.9. The summed E-state index contributed by atoms with van der Waals surface area (Å²) in [6.45, 7) is 9.92. The number of fused-ring (bicyclic) bond motifs is 1. The van der Waals surface area contributed by atoms with Crippen molar-refractivity contribution in [3.8, 4) is 11.4 Å². The molecule has 0 saturated carbocycles. The summed E-state index contributed by atoms with van der Waals surface area (Å²) in [6, 6.07) is 15.2. The Hall–Kier alpha value is -3.69. The Morgan fingerprint density at radius 3 is 2.60 bits per heavy atom. The molecule has 0 fully saturated rings. The Bertz CT molecular complexity index is 1860. The number of rotatable bonds is 6. The number of methoxy groups -OCH3 is 1. The number of halogens is 1. The molecule has 0 radical (unpaired) electrons. The number of esters is 1. The van der Waals surface area contributed by atoms with Crippen LogP contribution in [0.15, 0.2) is 74.1 Å². The maximum atomic E-state index is 14.1. The first-order valence-corrected chi connectivity index (χ1v) is 14.5. The molecule has 2 aromatic heterocycles. The highest BCUT2D eigenvalue weighted by atomic mass is 79.9. The first kappa shape index (κ1) is 27.9. The summed E-state index contributed by atoms with van der Waals surface area (Å²) < 4.78 is 16.2. The van der Waals surface area contributed by atoms with Crippen LogP contribution in [0.5, 0.6) is 5.75 Å². The van der Waals surface area contributed by atoms with Crippen molar-refractivity contribution in [3.63, 3.8) is 0 Å². The molecule has 7 nitrogen and oxygen atoms in total. The topological polar surface area (TPSA) is 74.8 Å². The van der Waals surface area contributed by atoms with Gasteiger partial charge in [0.1, 0.15) is 11.8 Å². The fraction of sp³-hybridized carbons (Fsp3) is 0.258. The number of carbonyl (C=O) groups is 1. The molecule has 1 atom stereocenters. The van der Waals surface area contributed by atoms with E-state index in [-0.39, 0.29) is 12.2 Å². The number of hydrogen-bond donors (Lipinski definition) is 0. The molecule has 0 saturated heterocycles. The molecular formula is C31H30BrN3O4S. The van der Waals surface area contributed by atoms with Crippen molar-refractivity contribution in [1.29, 1.82) is 0 Å². The molecule has 0 aliphatic carbocycles. The molecule has 5 rings (SSSR count). The van der Waals surface area contributed by atoms with Crippen molar-refractivity contribution in [1.82, 2.24) is 9.13 Å². The lowest BCUT2D eigenvalue weighted by atomic mass is 9.95. The van der Waals surface area contributed by atoms with Gasteiger partial charge in [-0.15, -0.1) is 0 Å². The molecule has 206 valence electrons. The Morgan fingerprint density at radius 2 is 1.90 bits per heavy atom. The van der Waals surface area contributed by atoms with E-state index in [1.54, 1.807) is 25.5 Å². The van der Waals surface area contributed by atoms with Crippen LogP contribution in [0.4, 0.5) is 0 Å². The Kier molecular flexibility index (Phi) is 7.70. The molecule has 9 heteroatoms. The molecular weight excluding hydrogens is 590 g/mol. The smallest absolute Gasteiger partial charge is 0.338 e. The van der Waals surface area contributed by atoms with Crippen LogP contribution >= 0.6 is 27.3 Å². The van der Waals surface area contributed by atoms with E-state index in [0.29, 0.717) is 31.9 Å². The summed E-state index contributed by atoms with van der Waals surface area (Å²) in [6.07, 6.45) is 1.91. The second kappa shape index (κ2) is 11.1. The van der Waals surface area contributed by atoms with Gasteiger partial charge in [-0.25, -0.2) is 9.79 Å². The van der Waals surface area contributed by atoms with Gasteiger partial charge in [-0.3, -0.25) is 9.36 Å². The molecule has 0 unspecified atom stereocenters. The Labute approximate surface area is 244 Å². The zero-order valence-electron chi connectivity index (χ0n) is 23.2. The first-order chi connectivity index (χ1) is 19.1. The van der Waals surface area contributed by atoms with Crippen LogP contribution in [-0.4, -0.2) is 28.8 Å². The third kappa shape index (κ3) is 4.88. The number of ether oxygens (including phenoxy) is 2. The average molecular weight is 621 g/mol. The normalized spacial score (nSPS) is 15.2. The zero-order valence-corrected chi connectivity index (χ0v) is 25.6. The number of hydrogen-bond acceptors (Lipinski definition) is 6.